The maximum atomic E-state index is 6.02. The van der Waals surface area contributed by atoms with Gasteiger partial charge in [0, 0.05) is 38.3 Å². The van der Waals surface area contributed by atoms with Crippen molar-refractivity contribution in [2.75, 3.05) is 46.4 Å². The number of nitrogens with zero attached hydrogens (tertiary/aromatic N) is 3. The van der Waals surface area contributed by atoms with E-state index in [0.717, 1.165) is 47.7 Å². The number of ether oxygens (including phenoxy) is 1. The second-order valence-corrected chi connectivity index (χ2v) is 8.39. The average molecular weight is 393 g/mol. The van der Waals surface area contributed by atoms with Crippen molar-refractivity contribution in [1.82, 2.24) is 19.8 Å². The van der Waals surface area contributed by atoms with E-state index >= 15 is 0 Å². The van der Waals surface area contributed by atoms with E-state index in [0.29, 0.717) is 0 Å². The molecule has 2 aromatic carbocycles. The fourth-order valence-electron chi connectivity index (χ4n) is 4.14. The lowest BCUT2D eigenvalue weighted by Crippen LogP contribution is -2.44. The van der Waals surface area contributed by atoms with Gasteiger partial charge in [-0.05, 0) is 75.2 Å². The summed E-state index contributed by atoms with van der Waals surface area (Å²) in [5.41, 5.74) is 6.91. The lowest BCUT2D eigenvalue weighted by atomic mass is 10.1. The highest BCUT2D eigenvalue weighted by Gasteiger charge is 2.13. The monoisotopic (exact) mass is 392 g/mol. The number of fused-ring (bicyclic) bond motifs is 1. The van der Waals surface area contributed by atoms with Crippen LogP contribution in [0.25, 0.3) is 22.4 Å². The summed E-state index contributed by atoms with van der Waals surface area (Å²) in [6.45, 7) is 12.9. The van der Waals surface area contributed by atoms with Crippen LogP contribution in [0.5, 0.6) is 5.75 Å². The van der Waals surface area contributed by atoms with E-state index in [1.54, 1.807) is 0 Å². The van der Waals surface area contributed by atoms with Gasteiger partial charge < -0.3 is 19.5 Å². The van der Waals surface area contributed by atoms with Crippen molar-refractivity contribution in [2.45, 2.75) is 27.2 Å². The largest absolute Gasteiger partial charge is 0.494 e. The normalized spacial score (nSPS) is 15.9. The molecule has 0 spiro atoms. The number of hydrogen-bond donors (Lipinski definition) is 1. The van der Waals surface area contributed by atoms with Crippen molar-refractivity contribution in [3.05, 3.63) is 47.0 Å². The van der Waals surface area contributed by atoms with E-state index in [2.05, 4.69) is 72.9 Å². The molecule has 1 aliphatic rings. The Morgan fingerprint density at radius 1 is 1.00 bits per heavy atom. The van der Waals surface area contributed by atoms with Gasteiger partial charge in [0.05, 0.1) is 17.6 Å². The maximum Gasteiger partial charge on any atom is 0.138 e. The number of benzene rings is 2. The summed E-state index contributed by atoms with van der Waals surface area (Å²) in [6.07, 6.45) is 1.06. The van der Waals surface area contributed by atoms with Gasteiger partial charge in [-0.2, -0.15) is 0 Å². The summed E-state index contributed by atoms with van der Waals surface area (Å²) < 4.78 is 6.02. The summed E-state index contributed by atoms with van der Waals surface area (Å²) in [5, 5.41) is 0. The molecule has 0 aliphatic carbocycles. The Morgan fingerprint density at radius 3 is 2.55 bits per heavy atom. The first-order valence-corrected chi connectivity index (χ1v) is 10.6. The Hall–Kier alpha value is -2.37. The molecule has 4 rings (SSSR count). The third-order valence-corrected chi connectivity index (χ3v) is 5.86. The second kappa shape index (κ2) is 8.56. The molecule has 5 heteroatoms. The number of likely N-dealkylation sites (N-methyl/N-ethyl adjacent to an activating group) is 1. The van der Waals surface area contributed by atoms with E-state index in [4.69, 9.17) is 9.72 Å². The molecule has 1 aromatic heterocycles. The number of hydrogen-bond acceptors (Lipinski definition) is 4. The Kier molecular flexibility index (Phi) is 5.88. The van der Waals surface area contributed by atoms with E-state index in [1.807, 2.05) is 0 Å². The van der Waals surface area contributed by atoms with Crippen LogP contribution in [0.2, 0.25) is 0 Å². The zero-order chi connectivity index (χ0) is 20.4. The van der Waals surface area contributed by atoms with E-state index in [1.165, 1.54) is 42.9 Å². The summed E-state index contributed by atoms with van der Waals surface area (Å²) in [4.78, 5) is 13.2. The van der Waals surface area contributed by atoms with Gasteiger partial charge >= 0.3 is 0 Å². The maximum absolute atomic E-state index is 6.02. The van der Waals surface area contributed by atoms with Crippen LogP contribution in [-0.4, -0.2) is 66.1 Å². The smallest absolute Gasteiger partial charge is 0.138 e. The first kappa shape index (κ1) is 19.9. The Bertz CT molecular complexity index is 986. The molecule has 3 aromatic rings. The lowest BCUT2D eigenvalue weighted by molar-refractivity contribution is 0.145. The number of nitrogens with one attached hydrogen (secondary N) is 1. The fraction of sp³-hybridized carbons (Fsp3) is 0.458. The van der Waals surface area contributed by atoms with Crippen molar-refractivity contribution in [3.8, 4) is 17.1 Å². The summed E-state index contributed by atoms with van der Waals surface area (Å²) >= 11 is 0. The minimum Gasteiger partial charge on any atom is -0.494 e. The molecule has 5 nitrogen and oxygen atoms in total. The highest BCUT2D eigenvalue weighted by atomic mass is 16.5. The molecule has 2 heterocycles. The Balaban J connectivity index is 1.37. The lowest BCUT2D eigenvalue weighted by Gasteiger charge is -2.32. The SMILES string of the molecule is Cc1cc(C)c2nc(-c3ccc(OCCCN4CCN(C)CC4)cc3C)[nH]c2c1. The molecular formula is C24H32N4O. The molecule has 0 amide bonds. The van der Waals surface area contributed by atoms with Crippen molar-refractivity contribution < 1.29 is 4.74 Å². The summed E-state index contributed by atoms with van der Waals surface area (Å²) in [7, 11) is 2.19. The molecule has 0 saturated carbocycles. The number of piperazine rings is 1. The van der Waals surface area contributed by atoms with Gasteiger partial charge in [-0.1, -0.05) is 6.07 Å². The van der Waals surface area contributed by atoms with Crippen LogP contribution in [0.4, 0.5) is 0 Å². The minimum atomic E-state index is 0.758. The van der Waals surface area contributed by atoms with Crippen molar-refractivity contribution in [2.24, 2.45) is 0 Å². The van der Waals surface area contributed by atoms with Gasteiger partial charge in [0.2, 0.25) is 0 Å². The molecule has 0 atom stereocenters. The minimum absolute atomic E-state index is 0.758. The van der Waals surface area contributed by atoms with Crippen LogP contribution in [0.3, 0.4) is 0 Å². The summed E-state index contributed by atoms with van der Waals surface area (Å²) in [6, 6.07) is 10.6. The highest BCUT2D eigenvalue weighted by molar-refractivity contribution is 5.83. The first-order valence-electron chi connectivity index (χ1n) is 10.6. The predicted octanol–water partition coefficient (Wildman–Crippen LogP) is 4.17. The molecule has 1 fully saturated rings. The van der Waals surface area contributed by atoms with E-state index in [-0.39, 0.29) is 0 Å². The number of aryl methyl sites for hydroxylation is 3. The molecule has 1 N–H and O–H groups in total. The van der Waals surface area contributed by atoms with E-state index < -0.39 is 0 Å². The van der Waals surface area contributed by atoms with Crippen LogP contribution in [0, 0.1) is 20.8 Å². The third-order valence-electron chi connectivity index (χ3n) is 5.86. The van der Waals surface area contributed by atoms with Gasteiger partial charge in [-0.25, -0.2) is 4.98 Å². The zero-order valence-corrected chi connectivity index (χ0v) is 18.1. The van der Waals surface area contributed by atoms with Crippen LogP contribution in [0.1, 0.15) is 23.1 Å². The second-order valence-electron chi connectivity index (χ2n) is 8.39. The number of rotatable bonds is 6. The highest BCUT2D eigenvalue weighted by Crippen LogP contribution is 2.28. The van der Waals surface area contributed by atoms with Gasteiger partial charge in [0.25, 0.3) is 0 Å². The van der Waals surface area contributed by atoms with Crippen LogP contribution in [0.15, 0.2) is 30.3 Å². The Labute approximate surface area is 173 Å². The third kappa shape index (κ3) is 4.62. The van der Waals surface area contributed by atoms with E-state index in [9.17, 15) is 0 Å². The molecule has 0 bridgehead atoms. The number of aromatic nitrogens is 2. The van der Waals surface area contributed by atoms with Crippen LogP contribution < -0.4 is 4.74 Å². The molecular weight excluding hydrogens is 360 g/mol. The average Bonchev–Trinajstić information content (AvgIpc) is 3.11. The zero-order valence-electron chi connectivity index (χ0n) is 18.1. The summed E-state index contributed by atoms with van der Waals surface area (Å²) in [5.74, 6) is 1.86. The number of imidazole rings is 1. The van der Waals surface area contributed by atoms with Crippen molar-refractivity contribution in [3.63, 3.8) is 0 Å². The standard InChI is InChI=1S/C24H32N4O/c1-17-14-19(3)23-22(15-17)25-24(26-23)21-7-6-20(16-18(21)2)29-13-5-8-28-11-9-27(4)10-12-28/h6-7,14-16H,5,8-13H2,1-4H3,(H,25,26). The van der Waals surface area contributed by atoms with Gasteiger partial charge in [-0.15, -0.1) is 0 Å². The molecule has 1 aliphatic heterocycles. The molecule has 0 radical (unpaired) electrons. The van der Waals surface area contributed by atoms with Gasteiger partial charge in [0.1, 0.15) is 11.6 Å². The number of aromatic amines is 1. The van der Waals surface area contributed by atoms with Crippen LogP contribution >= 0.6 is 0 Å². The Morgan fingerprint density at radius 2 is 1.79 bits per heavy atom. The van der Waals surface area contributed by atoms with Gasteiger partial charge in [-0.3, -0.25) is 0 Å². The quantitative estimate of drug-likeness (QED) is 0.640. The van der Waals surface area contributed by atoms with Crippen molar-refractivity contribution in [1.29, 1.82) is 0 Å². The van der Waals surface area contributed by atoms with Crippen molar-refractivity contribution >= 4 is 11.0 Å². The molecule has 154 valence electrons. The topological polar surface area (TPSA) is 44.4 Å². The number of H-pyrrole nitrogens is 1. The fourth-order valence-corrected chi connectivity index (χ4v) is 4.14. The molecule has 29 heavy (non-hydrogen) atoms. The predicted molar refractivity (Wildman–Crippen MR) is 120 cm³/mol. The first-order chi connectivity index (χ1) is 14.0. The van der Waals surface area contributed by atoms with Gasteiger partial charge in [0.15, 0.2) is 0 Å². The molecule has 0 unspecified atom stereocenters. The molecule has 1 saturated heterocycles. The van der Waals surface area contributed by atoms with Crippen LogP contribution in [-0.2, 0) is 0 Å².